The molecule has 0 fully saturated rings. The lowest BCUT2D eigenvalue weighted by atomic mass is 10.0. The van der Waals surface area contributed by atoms with Gasteiger partial charge in [0.2, 0.25) is 0 Å². The molecule has 0 heterocycles. The van der Waals surface area contributed by atoms with E-state index in [0.29, 0.717) is 12.1 Å². The third-order valence-corrected chi connectivity index (χ3v) is 2.69. The lowest BCUT2D eigenvalue weighted by Gasteiger charge is -2.10. The van der Waals surface area contributed by atoms with Crippen LogP contribution in [0.25, 0.3) is 10.8 Å². The highest BCUT2D eigenvalue weighted by atomic mass is 19.4. The van der Waals surface area contributed by atoms with Gasteiger partial charge in [-0.3, -0.25) is 20.2 Å². The first kappa shape index (κ1) is 13.7. The molecule has 2 aromatic rings. The molecule has 9 heteroatoms. The minimum Gasteiger partial charge on any atom is -0.258 e. The number of non-ortho nitro benzene ring substituents is 2. The van der Waals surface area contributed by atoms with Crippen LogP contribution in [0.3, 0.4) is 0 Å². The number of nitrogens with zero attached hydrogens (tertiary/aromatic N) is 2. The summed E-state index contributed by atoms with van der Waals surface area (Å²) in [6.45, 7) is 0. The van der Waals surface area contributed by atoms with E-state index >= 15 is 0 Å². The van der Waals surface area contributed by atoms with Gasteiger partial charge < -0.3 is 0 Å². The van der Waals surface area contributed by atoms with Gasteiger partial charge in [-0.1, -0.05) is 6.07 Å². The zero-order chi connectivity index (χ0) is 15.1. The maximum atomic E-state index is 12.9. The van der Waals surface area contributed by atoms with Crippen LogP contribution in [-0.2, 0) is 6.18 Å². The van der Waals surface area contributed by atoms with Crippen LogP contribution in [0.4, 0.5) is 24.5 Å². The molecule has 0 saturated carbocycles. The van der Waals surface area contributed by atoms with Crippen molar-refractivity contribution in [1.82, 2.24) is 0 Å². The van der Waals surface area contributed by atoms with Crippen molar-refractivity contribution in [2.24, 2.45) is 0 Å². The Morgan fingerprint density at radius 1 is 0.900 bits per heavy atom. The van der Waals surface area contributed by atoms with E-state index in [-0.39, 0.29) is 0 Å². The number of nitro benzene ring substituents is 2. The maximum absolute atomic E-state index is 12.9. The van der Waals surface area contributed by atoms with Gasteiger partial charge in [0.05, 0.1) is 26.2 Å². The molecule has 0 unspecified atom stereocenters. The zero-order valence-corrected chi connectivity index (χ0v) is 9.55. The summed E-state index contributed by atoms with van der Waals surface area (Å²) in [7, 11) is 0. The van der Waals surface area contributed by atoms with Gasteiger partial charge in [0.1, 0.15) is 0 Å². The highest BCUT2D eigenvalue weighted by Crippen LogP contribution is 2.41. The van der Waals surface area contributed by atoms with Crippen molar-refractivity contribution < 1.29 is 23.0 Å². The molecule has 2 rings (SSSR count). The van der Waals surface area contributed by atoms with Crippen molar-refractivity contribution in [3.8, 4) is 0 Å². The van der Waals surface area contributed by atoms with Crippen LogP contribution >= 0.6 is 0 Å². The summed E-state index contributed by atoms with van der Waals surface area (Å²) in [5, 5.41) is 20.5. The molecule has 0 aliphatic rings. The normalized spacial score (nSPS) is 11.6. The van der Waals surface area contributed by atoms with Gasteiger partial charge >= 0.3 is 6.18 Å². The van der Waals surface area contributed by atoms with Gasteiger partial charge in [-0.15, -0.1) is 0 Å². The monoisotopic (exact) mass is 286 g/mol. The third-order valence-electron chi connectivity index (χ3n) is 2.69. The lowest BCUT2D eigenvalue weighted by Crippen LogP contribution is -2.07. The molecule has 0 aliphatic heterocycles. The van der Waals surface area contributed by atoms with Gasteiger partial charge in [-0.2, -0.15) is 13.2 Å². The lowest BCUT2D eigenvalue weighted by molar-refractivity contribution is -0.384. The quantitative estimate of drug-likeness (QED) is 0.622. The van der Waals surface area contributed by atoms with Crippen LogP contribution in [0.2, 0.25) is 0 Å². The predicted octanol–water partition coefficient (Wildman–Crippen LogP) is 3.68. The number of rotatable bonds is 2. The minimum atomic E-state index is -4.85. The molecule has 0 spiro atoms. The number of nitro groups is 2. The second kappa shape index (κ2) is 4.44. The van der Waals surface area contributed by atoms with Crippen molar-refractivity contribution in [2.45, 2.75) is 6.18 Å². The molecule has 0 atom stereocenters. The molecule has 104 valence electrons. The minimum absolute atomic E-state index is 0.418. The van der Waals surface area contributed by atoms with Gasteiger partial charge in [0.25, 0.3) is 11.4 Å². The summed E-state index contributed by atoms with van der Waals surface area (Å²) in [5.41, 5.74) is -2.71. The maximum Gasteiger partial charge on any atom is 0.417 e. The molecular formula is C11H5F3N2O4. The summed E-state index contributed by atoms with van der Waals surface area (Å²) in [5.74, 6) is 0. The Bertz CT molecular complexity index is 727. The molecule has 0 saturated heterocycles. The number of benzene rings is 2. The molecule has 0 aromatic heterocycles. The van der Waals surface area contributed by atoms with Gasteiger partial charge in [-0.05, 0) is 12.1 Å². The van der Waals surface area contributed by atoms with E-state index in [1.807, 2.05) is 0 Å². The Labute approximate surface area is 108 Å². The Morgan fingerprint density at radius 3 is 2.00 bits per heavy atom. The Morgan fingerprint density at radius 2 is 1.50 bits per heavy atom. The van der Waals surface area contributed by atoms with Crippen molar-refractivity contribution in [3.05, 3.63) is 56.1 Å². The van der Waals surface area contributed by atoms with E-state index in [1.54, 1.807) is 0 Å². The first-order valence-corrected chi connectivity index (χ1v) is 5.15. The largest absolute Gasteiger partial charge is 0.417 e. The van der Waals surface area contributed by atoms with E-state index in [2.05, 4.69) is 0 Å². The smallest absolute Gasteiger partial charge is 0.258 e. The molecule has 0 bridgehead atoms. The van der Waals surface area contributed by atoms with E-state index in [0.717, 1.165) is 18.2 Å². The van der Waals surface area contributed by atoms with Crippen molar-refractivity contribution in [1.29, 1.82) is 0 Å². The van der Waals surface area contributed by atoms with Crippen LogP contribution in [0.5, 0.6) is 0 Å². The van der Waals surface area contributed by atoms with Crippen molar-refractivity contribution in [3.63, 3.8) is 0 Å². The zero-order valence-electron chi connectivity index (χ0n) is 9.55. The molecule has 0 radical (unpaired) electrons. The molecular weight excluding hydrogens is 281 g/mol. The topological polar surface area (TPSA) is 86.3 Å². The summed E-state index contributed by atoms with van der Waals surface area (Å²) in [6, 6.07) is 4.20. The standard InChI is InChI=1S/C11H5F3N2O4/c12-11(13,14)7-4-5-8(15(17)18)6-2-1-3-9(10(6)7)16(19)20/h1-5H. The van der Waals surface area contributed by atoms with Crippen LogP contribution in [-0.4, -0.2) is 9.85 Å². The highest BCUT2D eigenvalue weighted by Gasteiger charge is 2.37. The Hall–Kier alpha value is -2.71. The number of hydrogen-bond acceptors (Lipinski definition) is 4. The summed E-state index contributed by atoms with van der Waals surface area (Å²) < 4.78 is 38.7. The fraction of sp³-hybridized carbons (Fsp3) is 0.0909. The van der Waals surface area contributed by atoms with Gasteiger partial charge in [-0.25, -0.2) is 0 Å². The highest BCUT2D eigenvalue weighted by molar-refractivity contribution is 5.99. The van der Waals surface area contributed by atoms with Crippen LogP contribution in [0, 0.1) is 20.2 Å². The fourth-order valence-corrected chi connectivity index (χ4v) is 1.92. The first-order chi connectivity index (χ1) is 9.23. The molecule has 20 heavy (non-hydrogen) atoms. The number of hydrogen-bond donors (Lipinski definition) is 0. The fourth-order valence-electron chi connectivity index (χ4n) is 1.92. The second-order valence-electron chi connectivity index (χ2n) is 3.84. The van der Waals surface area contributed by atoms with Crippen LogP contribution < -0.4 is 0 Å². The van der Waals surface area contributed by atoms with Gasteiger partial charge in [0, 0.05) is 12.1 Å². The molecule has 6 nitrogen and oxygen atoms in total. The van der Waals surface area contributed by atoms with Crippen molar-refractivity contribution in [2.75, 3.05) is 0 Å². The van der Waals surface area contributed by atoms with Crippen LogP contribution in [0.15, 0.2) is 30.3 Å². The predicted molar refractivity (Wildman–Crippen MR) is 62.3 cm³/mol. The Balaban J connectivity index is 3.01. The van der Waals surface area contributed by atoms with E-state index < -0.39 is 43.7 Å². The second-order valence-corrected chi connectivity index (χ2v) is 3.84. The number of halogens is 3. The average Bonchev–Trinajstić information content (AvgIpc) is 2.34. The van der Waals surface area contributed by atoms with Crippen molar-refractivity contribution >= 4 is 22.1 Å². The molecule has 0 amide bonds. The first-order valence-electron chi connectivity index (χ1n) is 5.15. The van der Waals surface area contributed by atoms with E-state index in [9.17, 15) is 33.4 Å². The van der Waals surface area contributed by atoms with E-state index in [4.69, 9.17) is 0 Å². The van der Waals surface area contributed by atoms with E-state index in [1.165, 1.54) is 0 Å². The van der Waals surface area contributed by atoms with Crippen LogP contribution in [0.1, 0.15) is 5.56 Å². The Kier molecular flexibility index (Phi) is 3.04. The van der Waals surface area contributed by atoms with Gasteiger partial charge in [0.15, 0.2) is 0 Å². The number of alkyl halides is 3. The summed E-state index contributed by atoms with van der Waals surface area (Å²) >= 11 is 0. The summed E-state index contributed by atoms with van der Waals surface area (Å²) in [4.78, 5) is 19.8. The molecule has 0 aliphatic carbocycles. The molecule has 0 N–H and O–H groups in total. The SMILES string of the molecule is O=[N+]([O-])c1ccc(C(F)(F)F)c2c([N+](=O)[O-])cccc12. The number of fused-ring (bicyclic) bond motifs is 1. The molecule has 2 aromatic carbocycles. The third kappa shape index (κ3) is 2.13. The summed E-state index contributed by atoms with van der Waals surface area (Å²) in [6.07, 6.45) is -4.85. The average molecular weight is 286 g/mol.